The third-order valence-corrected chi connectivity index (χ3v) is 6.49. The number of carbonyl (C=O) groups excluding carboxylic acids is 1. The molecule has 0 radical (unpaired) electrons. The molecule has 6 nitrogen and oxygen atoms in total. The number of hydrogen-bond acceptors (Lipinski definition) is 5. The van der Waals surface area contributed by atoms with E-state index in [9.17, 15) is 4.79 Å². The summed E-state index contributed by atoms with van der Waals surface area (Å²) >= 11 is 6.94. The molecule has 152 valence electrons. The maximum absolute atomic E-state index is 13.0. The average Bonchev–Trinajstić information content (AvgIpc) is 3.39. The van der Waals surface area contributed by atoms with Gasteiger partial charge in [0.25, 0.3) is 0 Å². The van der Waals surface area contributed by atoms with Crippen molar-refractivity contribution >= 4 is 35.1 Å². The molecule has 2 aromatic heterocycles. The van der Waals surface area contributed by atoms with Crippen molar-refractivity contribution in [2.24, 2.45) is 0 Å². The number of rotatable bonds is 6. The van der Waals surface area contributed by atoms with E-state index < -0.39 is 0 Å². The molecular weight excluding hydrogens is 402 g/mol. The van der Waals surface area contributed by atoms with Gasteiger partial charge in [-0.2, -0.15) is 5.10 Å². The van der Waals surface area contributed by atoms with Gasteiger partial charge in [-0.3, -0.25) is 14.5 Å². The number of carbonyl (C=O) groups is 1. The molecule has 1 amide bonds. The van der Waals surface area contributed by atoms with E-state index in [0.717, 1.165) is 18.0 Å². The number of hydrogen-bond donors (Lipinski definition) is 1. The van der Waals surface area contributed by atoms with Gasteiger partial charge in [0.05, 0.1) is 4.88 Å². The first-order valence-corrected chi connectivity index (χ1v) is 11.2. The van der Waals surface area contributed by atoms with Gasteiger partial charge in [0, 0.05) is 32.4 Å². The van der Waals surface area contributed by atoms with Gasteiger partial charge in [0.1, 0.15) is 6.54 Å². The molecule has 0 unspecified atom stereocenters. The highest BCUT2D eigenvalue weighted by molar-refractivity contribution is 7.71. The summed E-state index contributed by atoms with van der Waals surface area (Å²) in [5.74, 6) is 0.717. The van der Waals surface area contributed by atoms with Crippen molar-refractivity contribution in [3.8, 4) is 10.7 Å². The van der Waals surface area contributed by atoms with Gasteiger partial charge in [-0.1, -0.05) is 24.3 Å². The second-order valence-electron chi connectivity index (χ2n) is 7.34. The van der Waals surface area contributed by atoms with Gasteiger partial charge >= 0.3 is 0 Å². The lowest BCUT2D eigenvalue weighted by Crippen LogP contribution is -2.33. The zero-order valence-corrected chi connectivity index (χ0v) is 18.1. The zero-order chi connectivity index (χ0) is 20.2. The molecule has 3 heterocycles. The lowest BCUT2D eigenvalue weighted by molar-refractivity contribution is -0.131. The molecule has 1 fully saturated rings. The van der Waals surface area contributed by atoms with E-state index in [1.165, 1.54) is 30.5 Å². The minimum atomic E-state index is 0.00810. The van der Waals surface area contributed by atoms with E-state index in [1.54, 1.807) is 20.8 Å². The van der Waals surface area contributed by atoms with Crippen molar-refractivity contribution in [1.82, 2.24) is 19.7 Å². The van der Waals surface area contributed by atoms with Crippen molar-refractivity contribution in [1.29, 1.82) is 0 Å². The number of para-hydroxylation sites is 1. The van der Waals surface area contributed by atoms with Crippen LogP contribution < -0.4 is 4.90 Å². The number of aromatic nitrogens is 3. The first kappa shape index (κ1) is 19.8. The topological polar surface area (TPSA) is 57.2 Å². The van der Waals surface area contributed by atoms with Crippen molar-refractivity contribution in [2.45, 2.75) is 32.4 Å². The third-order valence-electron chi connectivity index (χ3n) is 5.31. The Morgan fingerprint density at radius 1 is 1.21 bits per heavy atom. The summed E-state index contributed by atoms with van der Waals surface area (Å²) in [4.78, 5) is 18.2. The Morgan fingerprint density at radius 3 is 2.76 bits per heavy atom. The van der Waals surface area contributed by atoms with E-state index in [2.05, 4.69) is 33.3 Å². The number of nitrogens with zero attached hydrogens (tertiary/aromatic N) is 4. The van der Waals surface area contributed by atoms with Crippen LogP contribution in [0.3, 0.4) is 0 Å². The van der Waals surface area contributed by atoms with Crippen LogP contribution in [0.5, 0.6) is 0 Å². The number of piperidine rings is 1. The van der Waals surface area contributed by atoms with Crippen LogP contribution in [0.15, 0.2) is 41.8 Å². The molecule has 0 atom stereocenters. The Balaban J connectivity index is 1.49. The summed E-state index contributed by atoms with van der Waals surface area (Å²) in [7, 11) is 1.85. The predicted molar refractivity (Wildman–Crippen MR) is 120 cm³/mol. The van der Waals surface area contributed by atoms with Crippen molar-refractivity contribution in [3.05, 3.63) is 52.1 Å². The Labute approximate surface area is 179 Å². The molecule has 4 rings (SSSR count). The summed E-state index contributed by atoms with van der Waals surface area (Å²) in [6, 6.07) is 12.4. The van der Waals surface area contributed by atoms with Gasteiger partial charge in [-0.15, -0.1) is 11.3 Å². The van der Waals surface area contributed by atoms with Crippen LogP contribution in [0.2, 0.25) is 0 Å². The summed E-state index contributed by atoms with van der Waals surface area (Å²) in [6.07, 6.45) is 3.76. The number of amides is 1. The van der Waals surface area contributed by atoms with Crippen molar-refractivity contribution in [3.63, 3.8) is 0 Å². The van der Waals surface area contributed by atoms with Crippen LogP contribution in [0.25, 0.3) is 10.7 Å². The quantitative estimate of drug-likeness (QED) is 0.596. The highest BCUT2D eigenvalue weighted by Crippen LogP contribution is 2.26. The molecular formula is C21H25N5OS2. The van der Waals surface area contributed by atoms with Gasteiger partial charge in [0.15, 0.2) is 10.6 Å². The Morgan fingerprint density at radius 2 is 2.00 bits per heavy atom. The second kappa shape index (κ2) is 8.92. The monoisotopic (exact) mass is 427 g/mol. The smallest absolute Gasteiger partial charge is 0.242 e. The fourth-order valence-corrected chi connectivity index (χ4v) is 4.66. The highest BCUT2D eigenvalue weighted by atomic mass is 32.1. The molecule has 1 saturated heterocycles. The summed E-state index contributed by atoms with van der Waals surface area (Å²) in [5.41, 5.74) is 2.42. The van der Waals surface area contributed by atoms with Crippen LogP contribution >= 0.6 is 23.6 Å². The standard InChI is InChI=1S/C21H25N5OS2/c1-24(14-16-8-3-4-9-17(16)25-11-5-2-6-12-25)19(27)15-26-20(22-23-21(26)28)18-10-7-13-29-18/h3-4,7-10,13H,2,5-6,11-12,14-15H2,1H3,(H,23,28). The minimum absolute atomic E-state index is 0.00810. The molecule has 1 aliphatic rings. The van der Waals surface area contributed by atoms with Gasteiger partial charge in [0.2, 0.25) is 5.91 Å². The maximum Gasteiger partial charge on any atom is 0.242 e. The third kappa shape index (κ3) is 4.43. The molecule has 0 bridgehead atoms. The van der Waals surface area contributed by atoms with E-state index in [-0.39, 0.29) is 12.5 Å². The van der Waals surface area contributed by atoms with Crippen molar-refractivity contribution in [2.75, 3.05) is 25.0 Å². The van der Waals surface area contributed by atoms with Crippen LogP contribution in [-0.4, -0.2) is 45.7 Å². The van der Waals surface area contributed by atoms with Gasteiger partial charge < -0.3 is 9.80 Å². The molecule has 3 aromatic rings. The number of H-pyrrole nitrogens is 1. The molecule has 0 spiro atoms. The average molecular weight is 428 g/mol. The molecule has 0 saturated carbocycles. The summed E-state index contributed by atoms with van der Waals surface area (Å²) < 4.78 is 2.24. The zero-order valence-electron chi connectivity index (χ0n) is 16.5. The Kier molecular flexibility index (Phi) is 6.10. The Bertz CT molecular complexity index is 1020. The SMILES string of the molecule is CN(Cc1ccccc1N1CCCCC1)C(=O)Cn1c(-c2cccs2)n[nH]c1=S. The lowest BCUT2D eigenvalue weighted by atomic mass is 10.1. The lowest BCUT2D eigenvalue weighted by Gasteiger charge is -2.31. The minimum Gasteiger partial charge on any atom is -0.371 e. The van der Waals surface area contributed by atoms with Crippen LogP contribution in [0.4, 0.5) is 5.69 Å². The molecule has 29 heavy (non-hydrogen) atoms. The van der Waals surface area contributed by atoms with E-state index in [4.69, 9.17) is 12.2 Å². The van der Waals surface area contributed by atoms with Crippen LogP contribution in [-0.2, 0) is 17.9 Å². The molecule has 1 N–H and O–H groups in total. The first-order chi connectivity index (χ1) is 14.1. The molecule has 1 aromatic carbocycles. The molecule has 0 aliphatic carbocycles. The summed E-state index contributed by atoms with van der Waals surface area (Å²) in [6.45, 7) is 2.92. The fourth-order valence-electron chi connectivity index (χ4n) is 3.75. The summed E-state index contributed by atoms with van der Waals surface area (Å²) in [5, 5.41) is 9.11. The maximum atomic E-state index is 13.0. The molecule has 1 aliphatic heterocycles. The van der Waals surface area contributed by atoms with E-state index in [0.29, 0.717) is 17.1 Å². The predicted octanol–water partition coefficient (Wildman–Crippen LogP) is 4.32. The van der Waals surface area contributed by atoms with E-state index >= 15 is 0 Å². The van der Waals surface area contributed by atoms with E-state index in [1.807, 2.05) is 30.6 Å². The Hall–Kier alpha value is -2.45. The number of thiophene rings is 1. The highest BCUT2D eigenvalue weighted by Gasteiger charge is 2.19. The second-order valence-corrected chi connectivity index (χ2v) is 8.68. The van der Waals surface area contributed by atoms with Crippen LogP contribution in [0, 0.1) is 4.77 Å². The number of anilines is 1. The molecule has 8 heteroatoms. The largest absolute Gasteiger partial charge is 0.371 e. The number of benzene rings is 1. The van der Waals surface area contributed by atoms with Crippen molar-refractivity contribution < 1.29 is 4.79 Å². The number of likely N-dealkylation sites (N-methyl/N-ethyl adjacent to an activating group) is 1. The normalized spacial score (nSPS) is 14.2. The van der Waals surface area contributed by atoms with Crippen LogP contribution in [0.1, 0.15) is 24.8 Å². The van der Waals surface area contributed by atoms with Gasteiger partial charge in [-0.05, 0) is 54.6 Å². The number of nitrogens with one attached hydrogen (secondary N) is 1. The first-order valence-electron chi connectivity index (χ1n) is 9.89. The fraction of sp³-hybridized carbons (Fsp3) is 0.381. The number of aromatic amines is 1. The van der Waals surface area contributed by atoms with Gasteiger partial charge in [-0.25, -0.2) is 0 Å².